The summed E-state index contributed by atoms with van der Waals surface area (Å²) >= 11 is 5.71. The Hall–Kier alpha value is -1.43. The molecule has 1 N–H and O–H groups in total. The molecule has 98 valence electrons. The Balaban J connectivity index is 1.79. The number of alkyl halides is 2. The number of halogens is 3. The summed E-state index contributed by atoms with van der Waals surface area (Å²) in [7, 11) is 0. The van der Waals surface area contributed by atoms with Crippen LogP contribution in [0.3, 0.4) is 0 Å². The van der Waals surface area contributed by atoms with Crippen molar-refractivity contribution in [3.05, 3.63) is 23.4 Å². The fraction of sp³-hybridized carbons (Fsp3) is 0.455. The second-order valence-corrected chi connectivity index (χ2v) is 4.51. The molecule has 1 aromatic rings. The van der Waals surface area contributed by atoms with Crippen LogP contribution in [0.2, 0.25) is 5.02 Å². The molecule has 4 nitrogen and oxygen atoms in total. The number of rotatable bonds is 4. The van der Waals surface area contributed by atoms with Crippen LogP contribution in [0.5, 0.6) is 0 Å². The van der Waals surface area contributed by atoms with Crippen molar-refractivity contribution in [2.45, 2.75) is 6.43 Å². The minimum absolute atomic E-state index is 0.249. The van der Waals surface area contributed by atoms with Crippen molar-refractivity contribution in [3.63, 3.8) is 0 Å². The number of hydrogen-bond acceptors (Lipinski definition) is 3. The van der Waals surface area contributed by atoms with Gasteiger partial charge in [0.05, 0.1) is 17.5 Å². The lowest BCUT2D eigenvalue weighted by Crippen LogP contribution is -2.54. The summed E-state index contributed by atoms with van der Waals surface area (Å²) < 4.78 is 23.8. The normalized spacial score (nSPS) is 15.7. The van der Waals surface area contributed by atoms with Crippen molar-refractivity contribution in [3.8, 4) is 0 Å². The summed E-state index contributed by atoms with van der Waals surface area (Å²) in [5.74, 6) is 0.152. The van der Waals surface area contributed by atoms with Gasteiger partial charge in [-0.2, -0.15) is 0 Å². The topological polar surface area (TPSA) is 45.2 Å². The SMILES string of the molecule is O=C(NCC(F)F)C1CN(c2ccc(Cl)cn2)C1. The Morgan fingerprint density at radius 2 is 2.28 bits per heavy atom. The summed E-state index contributed by atoms with van der Waals surface area (Å²) in [6.07, 6.45) is -0.982. The first-order valence-corrected chi connectivity index (χ1v) is 5.86. The number of carbonyl (C=O) groups excluding carboxylic acids is 1. The predicted molar refractivity (Wildman–Crippen MR) is 64.0 cm³/mol. The van der Waals surface area contributed by atoms with Gasteiger partial charge in [-0.15, -0.1) is 0 Å². The van der Waals surface area contributed by atoms with E-state index in [0.717, 1.165) is 5.82 Å². The molecule has 1 aromatic heterocycles. The van der Waals surface area contributed by atoms with Crippen LogP contribution in [-0.4, -0.2) is 37.0 Å². The van der Waals surface area contributed by atoms with Crippen LogP contribution in [0.25, 0.3) is 0 Å². The third kappa shape index (κ3) is 3.07. The minimum Gasteiger partial charge on any atom is -0.355 e. The second kappa shape index (κ2) is 5.48. The summed E-state index contributed by atoms with van der Waals surface area (Å²) in [6, 6.07) is 3.48. The van der Waals surface area contributed by atoms with Crippen molar-refractivity contribution in [1.29, 1.82) is 0 Å². The van der Waals surface area contributed by atoms with Crippen molar-refractivity contribution in [2.24, 2.45) is 5.92 Å². The number of pyridine rings is 1. The highest BCUT2D eigenvalue weighted by molar-refractivity contribution is 6.30. The molecule has 1 aliphatic rings. The summed E-state index contributed by atoms with van der Waals surface area (Å²) in [5, 5.41) is 2.75. The molecular formula is C11H12ClF2N3O. The van der Waals surface area contributed by atoms with Gasteiger partial charge >= 0.3 is 0 Å². The van der Waals surface area contributed by atoms with E-state index in [2.05, 4.69) is 10.3 Å². The van der Waals surface area contributed by atoms with Crippen LogP contribution in [0.1, 0.15) is 0 Å². The van der Waals surface area contributed by atoms with E-state index in [1.54, 1.807) is 12.1 Å². The molecule has 0 spiro atoms. The Morgan fingerprint density at radius 3 is 2.83 bits per heavy atom. The fourth-order valence-corrected chi connectivity index (χ4v) is 1.82. The molecule has 0 unspecified atom stereocenters. The molecule has 2 heterocycles. The molecule has 1 saturated heterocycles. The number of hydrogen-bond donors (Lipinski definition) is 1. The number of nitrogens with one attached hydrogen (secondary N) is 1. The van der Waals surface area contributed by atoms with E-state index in [1.165, 1.54) is 6.20 Å². The third-order valence-electron chi connectivity index (χ3n) is 2.72. The Kier molecular flexibility index (Phi) is 3.96. The molecular weight excluding hydrogens is 264 g/mol. The Bertz CT molecular complexity index is 421. The molecule has 1 fully saturated rings. The molecule has 0 atom stereocenters. The van der Waals surface area contributed by atoms with Gasteiger partial charge in [-0.05, 0) is 12.1 Å². The molecule has 1 amide bonds. The highest BCUT2D eigenvalue weighted by Gasteiger charge is 2.33. The second-order valence-electron chi connectivity index (χ2n) is 4.07. The zero-order chi connectivity index (χ0) is 13.1. The van der Waals surface area contributed by atoms with Crippen LogP contribution < -0.4 is 10.2 Å². The van der Waals surface area contributed by atoms with E-state index in [9.17, 15) is 13.6 Å². The monoisotopic (exact) mass is 275 g/mol. The van der Waals surface area contributed by atoms with Crippen molar-refractivity contribution < 1.29 is 13.6 Å². The van der Waals surface area contributed by atoms with Crippen LogP contribution >= 0.6 is 11.6 Å². The average molecular weight is 276 g/mol. The zero-order valence-electron chi connectivity index (χ0n) is 9.44. The molecule has 0 aromatic carbocycles. The summed E-state index contributed by atoms with van der Waals surface area (Å²) in [4.78, 5) is 17.5. The average Bonchev–Trinajstić information content (AvgIpc) is 2.27. The van der Waals surface area contributed by atoms with E-state index < -0.39 is 13.0 Å². The van der Waals surface area contributed by atoms with Crippen LogP contribution in [0, 0.1) is 5.92 Å². The quantitative estimate of drug-likeness (QED) is 0.907. The first kappa shape index (κ1) is 13.0. The maximum atomic E-state index is 11.9. The van der Waals surface area contributed by atoms with Gasteiger partial charge in [0.25, 0.3) is 6.43 Å². The molecule has 0 aliphatic carbocycles. The summed E-state index contributed by atoms with van der Waals surface area (Å²) in [5.41, 5.74) is 0. The number of anilines is 1. The Morgan fingerprint density at radius 1 is 1.56 bits per heavy atom. The van der Waals surface area contributed by atoms with E-state index in [0.29, 0.717) is 18.1 Å². The maximum Gasteiger partial charge on any atom is 0.255 e. The van der Waals surface area contributed by atoms with E-state index in [1.807, 2.05) is 4.90 Å². The minimum atomic E-state index is -2.51. The van der Waals surface area contributed by atoms with Crippen LogP contribution in [0.4, 0.5) is 14.6 Å². The standard InChI is InChI=1S/C11H12ClF2N3O/c12-8-1-2-10(15-3-8)17-5-7(6-17)11(18)16-4-9(13)14/h1-3,7,9H,4-6H2,(H,16,18). The van der Waals surface area contributed by atoms with Gasteiger partial charge in [-0.3, -0.25) is 4.79 Å². The maximum absolute atomic E-state index is 11.9. The predicted octanol–water partition coefficient (Wildman–Crippen LogP) is 1.55. The first-order chi connectivity index (χ1) is 8.56. The third-order valence-corrected chi connectivity index (χ3v) is 2.94. The van der Waals surface area contributed by atoms with Gasteiger partial charge in [0.2, 0.25) is 5.91 Å². The number of aromatic nitrogens is 1. The van der Waals surface area contributed by atoms with Gasteiger partial charge in [0.1, 0.15) is 5.82 Å². The smallest absolute Gasteiger partial charge is 0.255 e. The molecule has 7 heteroatoms. The number of carbonyl (C=O) groups is 1. The van der Waals surface area contributed by atoms with E-state index in [-0.39, 0.29) is 11.8 Å². The van der Waals surface area contributed by atoms with Gasteiger partial charge < -0.3 is 10.2 Å². The molecule has 0 saturated carbocycles. The molecule has 2 rings (SSSR count). The van der Waals surface area contributed by atoms with Crippen LogP contribution in [0.15, 0.2) is 18.3 Å². The highest BCUT2D eigenvalue weighted by atomic mass is 35.5. The lowest BCUT2D eigenvalue weighted by atomic mass is 9.99. The van der Waals surface area contributed by atoms with E-state index in [4.69, 9.17) is 11.6 Å². The van der Waals surface area contributed by atoms with Crippen molar-refractivity contribution >= 4 is 23.3 Å². The molecule has 18 heavy (non-hydrogen) atoms. The summed E-state index contributed by atoms with van der Waals surface area (Å²) in [6.45, 7) is 0.391. The molecule has 0 radical (unpaired) electrons. The fourth-order valence-electron chi connectivity index (χ4n) is 1.71. The van der Waals surface area contributed by atoms with E-state index >= 15 is 0 Å². The van der Waals surface area contributed by atoms with Gasteiger partial charge in [0.15, 0.2) is 0 Å². The van der Waals surface area contributed by atoms with Gasteiger partial charge in [0, 0.05) is 19.3 Å². The lowest BCUT2D eigenvalue weighted by molar-refractivity contribution is -0.126. The lowest BCUT2D eigenvalue weighted by Gasteiger charge is -2.39. The zero-order valence-corrected chi connectivity index (χ0v) is 10.2. The number of nitrogens with zero attached hydrogens (tertiary/aromatic N) is 2. The Labute approximate surface area is 108 Å². The van der Waals surface area contributed by atoms with Crippen molar-refractivity contribution in [2.75, 3.05) is 24.5 Å². The van der Waals surface area contributed by atoms with Crippen molar-refractivity contribution in [1.82, 2.24) is 10.3 Å². The van der Waals surface area contributed by atoms with Gasteiger partial charge in [-0.25, -0.2) is 13.8 Å². The molecule has 0 bridgehead atoms. The highest BCUT2D eigenvalue weighted by Crippen LogP contribution is 2.23. The molecule has 1 aliphatic heterocycles. The first-order valence-electron chi connectivity index (χ1n) is 5.48. The number of amides is 1. The van der Waals surface area contributed by atoms with Gasteiger partial charge in [-0.1, -0.05) is 11.6 Å². The largest absolute Gasteiger partial charge is 0.355 e. The van der Waals surface area contributed by atoms with Crippen LogP contribution in [-0.2, 0) is 4.79 Å².